The summed E-state index contributed by atoms with van der Waals surface area (Å²) in [5.41, 5.74) is 2.21. The number of carbonyl (C=O) groups excluding carboxylic acids is 1. The largest absolute Gasteiger partial charge is 0.481 e. The van der Waals surface area contributed by atoms with Gasteiger partial charge in [0.2, 0.25) is 0 Å². The first kappa shape index (κ1) is 15.6. The van der Waals surface area contributed by atoms with E-state index in [4.69, 9.17) is 9.84 Å². The third-order valence-corrected chi connectivity index (χ3v) is 2.97. The molecule has 0 rings (SSSR count). The highest BCUT2D eigenvalue weighted by atomic mass is 28.3. The Balaban J connectivity index is 4.79. The molecule has 0 aliphatic rings. The van der Waals surface area contributed by atoms with Gasteiger partial charge in [0.15, 0.2) is 0 Å². The molecule has 0 saturated carbocycles. The topological polar surface area (TPSA) is 63.6 Å². The summed E-state index contributed by atoms with van der Waals surface area (Å²) in [7, 11) is -1.34. The molecule has 0 bridgehead atoms. The molecule has 1 N–H and O–H groups in total. The van der Waals surface area contributed by atoms with Crippen LogP contribution >= 0.6 is 0 Å². The fourth-order valence-corrected chi connectivity index (χ4v) is 1.71. The van der Waals surface area contributed by atoms with Crippen LogP contribution < -0.4 is 0 Å². The van der Waals surface area contributed by atoms with Gasteiger partial charge in [0, 0.05) is 5.57 Å². The first-order valence-electron chi connectivity index (χ1n) is 5.53. The quantitative estimate of drug-likeness (QED) is 0.343. The van der Waals surface area contributed by atoms with E-state index in [0.717, 1.165) is 0 Å². The van der Waals surface area contributed by atoms with Gasteiger partial charge in [0.25, 0.3) is 0 Å². The summed E-state index contributed by atoms with van der Waals surface area (Å²) in [6.45, 7) is 8.39. The van der Waals surface area contributed by atoms with E-state index in [9.17, 15) is 9.59 Å². The molecular weight excluding hydrogens is 236 g/mol. The van der Waals surface area contributed by atoms with E-state index in [1.54, 1.807) is 13.0 Å². The molecule has 0 amide bonds. The molecule has 0 aliphatic carbocycles. The van der Waals surface area contributed by atoms with Gasteiger partial charge in [-0.2, -0.15) is 0 Å². The second-order valence-electron chi connectivity index (χ2n) is 4.71. The van der Waals surface area contributed by atoms with Gasteiger partial charge in [0.05, 0.1) is 21.1 Å². The lowest BCUT2D eigenvalue weighted by atomic mass is 10.2. The zero-order chi connectivity index (χ0) is 13.5. The molecule has 0 heterocycles. The summed E-state index contributed by atoms with van der Waals surface area (Å²) in [5, 5.41) is 8.70. The second-order valence-corrected chi connectivity index (χ2v) is 9.77. The van der Waals surface area contributed by atoms with E-state index in [1.807, 2.05) is 5.70 Å². The van der Waals surface area contributed by atoms with Crippen molar-refractivity contribution >= 4 is 20.0 Å². The van der Waals surface area contributed by atoms with Crippen LogP contribution in [0, 0.1) is 0 Å². The molecule has 5 heteroatoms. The molecule has 0 atom stereocenters. The summed E-state index contributed by atoms with van der Waals surface area (Å²) in [5.74, 6) is -1.60. The molecular formula is C12H20O4Si. The predicted octanol–water partition coefficient (Wildman–Crippen LogP) is 2.38. The zero-order valence-corrected chi connectivity index (χ0v) is 11.8. The molecule has 17 heavy (non-hydrogen) atoms. The Morgan fingerprint density at radius 3 is 2.29 bits per heavy atom. The highest BCUT2D eigenvalue weighted by molar-refractivity contribution is 6.81. The van der Waals surface area contributed by atoms with Crippen molar-refractivity contribution in [3.05, 3.63) is 23.4 Å². The third-order valence-electron chi connectivity index (χ3n) is 1.77. The van der Waals surface area contributed by atoms with Gasteiger partial charge in [-0.15, -0.1) is 0 Å². The van der Waals surface area contributed by atoms with E-state index in [1.165, 1.54) is 6.08 Å². The van der Waals surface area contributed by atoms with Crippen molar-refractivity contribution in [2.24, 2.45) is 0 Å². The number of esters is 1. The Bertz CT molecular complexity index is 337. The number of hydrogen-bond acceptors (Lipinski definition) is 3. The van der Waals surface area contributed by atoms with Gasteiger partial charge in [-0.1, -0.05) is 37.5 Å². The van der Waals surface area contributed by atoms with Crippen LogP contribution in [0.25, 0.3) is 0 Å². The molecule has 0 spiro atoms. The Kier molecular flexibility index (Phi) is 6.49. The maximum atomic E-state index is 11.5. The fraction of sp³-hybridized carbons (Fsp3) is 0.500. The van der Waals surface area contributed by atoms with Crippen molar-refractivity contribution in [3.8, 4) is 0 Å². The number of rotatable bonds is 6. The lowest BCUT2D eigenvalue weighted by Gasteiger charge is -2.07. The van der Waals surface area contributed by atoms with Crippen LogP contribution in [0.3, 0.4) is 0 Å². The number of aliphatic carboxylic acids is 1. The number of ether oxygens (including phenoxy) is 1. The minimum Gasteiger partial charge on any atom is -0.481 e. The van der Waals surface area contributed by atoms with Gasteiger partial charge in [-0.3, -0.25) is 4.79 Å². The highest BCUT2D eigenvalue weighted by Crippen LogP contribution is 2.07. The van der Waals surface area contributed by atoms with Crippen LogP contribution in [0.4, 0.5) is 0 Å². The minimum atomic E-state index is -1.34. The van der Waals surface area contributed by atoms with Crippen molar-refractivity contribution in [3.63, 3.8) is 0 Å². The lowest BCUT2D eigenvalue weighted by molar-refractivity contribution is -0.142. The van der Waals surface area contributed by atoms with Crippen molar-refractivity contribution in [2.75, 3.05) is 6.61 Å². The zero-order valence-electron chi connectivity index (χ0n) is 10.8. The normalized spacial score (nSPS) is 12.8. The van der Waals surface area contributed by atoms with Crippen molar-refractivity contribution in [1.29, 1.82) is 0 Å². The van der Waals surface area contributed by atoms with Crippen LogP contribution in [-0.4, -0.2) is 31.7 Å². The molecule has 0 aromatic rings. The van der Waals surface area contributed by atoms with E-state index in [-0.39, 0.29) is 18.6 Å². The van der Waals surface area contributed by atoms with Crippen LogP contribution in [0.2, 0.25) is 19.6 Å². The van der Waals surface area contributed by atoms with Crippen LogP contribution in [0.1, 0.15) is 13.3 Å². The maximum Gasteiger partial charge on any atom is 0.334 e. The number of carboxylic acid groups (broad SMARTS) is 1. The van der Waals surface area contributed by atoms with E-state index >= 15 is 0 Å². The molecule has 0 unspecified atom stereocenters. The smallest absolute Gasteiger partial charge is 0.334 e. The fourth-order valence-electron chi connectivity index (χ4n) is 1.04. The molecule has 96 valence electrons. The van der Waals surface area contributed by atoms with E-state index in [2.05, 4.69) is 19.6 Å². The predicted molar refractivity (Wildman–Crippen MR) is 69.5 cm³/mol. The van der Waals surface area contributed by atoms with Crippen molar-refractivity contribution < 1.29 is 19.4 Å². The summed E-state index contributed by atoms with van der Waals surface area (Å²) >= 11 is 0. The molecule has 0 aliphatic heterocycles. The molecule has 0 aromatic carbocycles. The van der Waals surface area contributed by atoms with Gasteiger partial charge in [-0.05, 0) is 6.92 Å². The molecule has 0 fully saturated rings. The third kappa shape index (κ3) is 8.44. The SMILES string of the molecule is CCOC(=O)/C(=C/C=C/[Si](C)(C)C)CC(=O)O. The van der Waals surface area contributed by atoms with Gasteiger partial charge in [0.1, 0.15) is 0 Å². The van der Waals surface area contributed by atoms with Crippen LogP contribution in [0.5, 0.6) is 0 Å². The first-order valence-corrected chi connectivity index (χ1v) is 9.11. The Morgan fingerprint density at radius 2 is 1.88 bits per heavy atom. The van der Waals surface area contributed by atoms with Crippen molar-refractivity contribution in [2.45, 2.75) is 33.0 Å². The Labute approximate surface area is 103 Å². The Hall–Kier alpha value is -1.36. The van der Waals surface area contributed by atoms with Gasteiger partial charge in [-0.25, -0.2) is 4.79 Å². The molecule has 4 nitrogen and oxygen atoms in total. The average molecular weight is 256 g/mol. The van der Waals surface area contributed by atoms with E-state index < -0.39 is 20.0 Å². The minimum absolute atomic E-state index is 0.175. The van der Waals surface area contributed by atoms with Crippen molar-refractivity contribution in [1.82, 2.24) is 0 Å². The van der Waals surface area contributed by atoms with Crippen LogP contribution in [0.15, 0.2) is 23.4 Å². The maximum absolute atomic E-state index is 11.5. The summed E-state index contributed by atoms with van der Waals surface area (Å²) in [6.07, 6.45) is 2.97. The number of hydrogen-bond donors (Lipinski definition) is 1. The molecule has 0 saturated heterocycles. The van der Waals surface area contributed by atoms with E-state index in [0.29, 0.717) is 0 Å². The number of carbonyl (C=O) groups is 2. The molecule has 0 radical (unpaired) electrons. The average Bonchev–Trinajstić information content (AvgIpc) is 2.14. The molecule has 0 aromatic heterocycles. The van der Waals surface area contributed by atoms with Gasteiger partial charge < -0.3 is 9.84 Å². The highest BCUT2D eigenvalue weighted by Gasteiger charge is 2.13. The lowest BCUT2D eigenvalue weighted by Crippen LogP contribution is -2.15. The number of allylic oxidation sites excluding steroid dienone is 2. The Morgan fingerprint density at radius 1 is 1.29 bits per heavy atom. The monoisotopic (exact) mass is 256 g/mol. The first-order chi connectivity index (χ1) is 7.76. The number of carboxylic acids is 1. The summed E-state index contributed by atoms with van der Waals surface area (Å²) in [6, 6.07) is 0. The standard InChI is InChI=1S/C12H20O4Si/c1-5-16-12(15)10(9-11(13)14)7-6-8-17(2,3)4/h6-8H,5,9H2,1-4H3,(H,13,14)/b8-6+,10-7+. The van der Waals surface area contributed by atoms with Crippen LogP contribution in [-0.2, 0) is 14.3 Å². The van der Waals surface area contributed by atoms with Gasteiger partial charge >= 0.3 is 11.9 Å². The second kappa shape index (κ2) is 7.06. The summed E-state index contributed by atoms with van der Waals surface area (Å²) in [4.78, 5) is 22.1. The summed E-state index contributed by atoms with van der Waals surface area (Å²) < 4.78 is 4.79.